The second-order valence-electron chi connectivity index (χ2n) is 6.32. The predicted octanol–water partition coefficient (Wildman–Crippen LogP) is 0.839. The quantitative estimate of drug-likeness (QED) is 0.875. The van der Waals surface area contributed by atoms with Crippen LogP contribution in [0.1, 0.15) is 28.0 Å². The Bertz CT molecular complexity index is 890. The molecule has 7 heteroatoms. The van der Waals surface area contributed by atoms with E-state index in [1.807, 2.05) is 0 Å². The molecule has 0 saturated heterocycles. The van der Waals surface area contributed by atoms with E-state index in [9.17, 15) is 9.59 Å². The number of para-hydroxylation sites is 1. The molecule has 7 nitrogen and oxygen atoms in total. The zero-order valence-corrected chi connectivity index (χ0v) is 13.9. The Morgan fingerprint density at radius 1 is 1.32 bits per heavy atom. The highest BCUT2D eigenvalue weighted by atomic mass is 16.6. The van der Waals surface area contributed by atoms with Crippen LogP contribution in [0.15, 0.2) is 29.1 Å². The molecule has 0 saturated carbocycles. The predicted molar refractivity (Wildman–Crippen MR) is 90.2 cm³/mol. The number of fused-ring (bicyclic) bond motifs is 2. The van der Waals surface area contributed by atoms with E-state index in [4.69, 9.17) is 9.47 Å². The minimum Gasteiger partial charge on any atom is -0.486 e. The Labute approximate surface area is 144 Å². The molecule has 2 aliphatic rings. The number of carbonyl (C=O) groups is 1. The van der Waals surface area contributed by atoms with Gasteiger partial charge in [-0.05, 0) is 37.0 Å². The molecule has 130 valence electrons. The maximum absolute atomic E-state index is 12.7. The fraction of sp³-hybridized carbons (Fsp3) is 0.389. The number of aryl methyl sites for hydroxylation is 2. The topological polar surface area (TPSA) is 82.5 Å². The largest absolute Gasteiger partial charge is 0.486 e. The molecule has 25 heavy (non-hydrogen) atoms. The van der Waals surface area contributed by atoms with Gasteiger partial charge in [-0.25, -0.2) is 4.68 Å². The fourth-order valence-corrected chi connectivity index (χ4v) is 3.32. The van der Waals surface area contributed by atoms with E-state index in [0.717, 1.165) is 24.1 Å². The summed E-state index contributed by atoms with van der Waals surface area (Å²) in [5.41, 5.74) is 2.19. The van der Waals surface area contributed by atoms with Crippen LogP contribution < -0.4 is 20.3 Å². The number of hydrogen-bond acceptors (Lipinski definition) is 5. The summed E-state index contributed by atoms with van der Waals surface area (Å²) in [4.78, 5) is 24.5. The number of amides is 1. The van der Waals surface area contributed by atoms with Crippen molar-refractivity contribution in [1.82, 2.24) is 15.1 Å². The van der Waals surface area contributed by atoms with Crippen LogP contribution in [0.25, 0.3) is 0 Å². The van der Waals surface area contributed by atoms with E-state index in [1.165, 1.54) is 4.68 Å². The van der Waals surface area contributed by atoms with E-state index < -0.39 is 0 Å². The van der Waals surface area contributed by atoms with Gasteiger partial charge in [-0.2, -0.15) is 5.10 Å². The lowest BCUT2D eigenvalue weighted by atomic mass is 9.92. The molecule has 1 amide bonds. The van der Waals surface area contributed by atoms with Gasteiger partial charge >= 0.3 is 0 Å². The van der Waals surface area contributed by atoms with Crippen LogP contribution in [0.2, 0.25) is 0 Å². The average Bonchev–Trinajstić information content (AvgIpc) is 2.62. The van der Waals surface area contributed by atoms with Gasteiger partial charge in [0.15, 0.2) is 11.5 Å². The number of nitrogens with zero attached hydrogens (tertiary/aromatic N) is 2. The lowest BCUT2D eigenvalue weighted by molar-refractivity contribution is 0.0922. The van der Waals surface area contributed by atoms with Crippen molar-refractivity contribution in [1.29, 1.82) is 0 Å². The van der Waals surface area contributed by atoms with Gasteiger partial charge < -0.3 is 14.8 Å². The Morgan fingerprint density at radius 2 is 2.16 bits per heavy atom. The first-order valence-corrected chi connectivity index (χ1v) is 8.37. The standard InChI is InChI=1S/C18H19N3O4/c1-21-16(22)10-11-9-12(5-6-14(11)20-21)19-18(23)13-3-2-4-15-17(13)25-8-7-24-15/h2-4,10,12H,5-9H2,1H3,(H,19,23)/t12-/m0/s1. The van der Waals surface area contributed by atoms with E-state index in [0.29, 0.717) is 36.7 Å². The second-order valence-corrected chi connectivity index (χ2v) is 6.32. The second kappa shape index (κ2) is 6.23. The molecular weight excluding hydrogens is 322 g/mol. The van der Waals surface area contributed by atoms with Crippen molar-refractivity contribution in [3.8, 4) is 11.5 Å². The third kappa shape index (κ3) is 2.97. The zero-order chi connectivity index (χ0) is 17.4. The molecule has 4 rings (SSSR count). The lowest BCUT2D eigenvalue weighted by Crippen LogP contribution is -2.40. The van der Waals surface area contributed by atoms with Gasteiger partial charge in [0, 0.05) is 19.2 Å². The summed E-state index contributed by atoms with van der Waals surface area (Å²) in [5, 5.41) is 7.35. The summed E-state index contributed by atoms with van der Waals surface area (Å²) in [7, 11) is 1.65. The van der Waals surface area contributed by atoms with Gasteiger partial charge in [-0.15, -0.1) is 0 Å². The molecule has 1 N–H and O–H groups in total. The molecule has 1 aliphatic carbocycles. The molecule has 1 atom stereocenters. The molecule has 0 spiro atoms. The molecule has 0 unspecified atom stereocenters. The molecule has 1 aromatic carbocycles. The number of rotatable bonds is 2. The summed E-state index contributed by atoms with van der Waals surface area (Å²) in [5.74, 6) is 0.908. The van der Waals surface area contributed by atoms with Crippen molar-refractivity contribution in [3.05, 3.63) is 51.4 Å². The monoisotopic (exact) mass is 341 g/mol. The van der Waals surface area contributed by atoms with Crippen LogP contribution in [0.4, 0.5) is 0 Å². The van der Waals surface area contributed by atoms with Gasteiger partial charge in [0.25, 0.3) is 11.5 Å². The normalized spacial score (nSPS) is 18.4. The van der Waals surface area contributed by atoms with Crippen LogP contribution in [-0.2, 0) is 19.9 Å². The summed E-state index contributed by atoms with van der Waals surface area (Å²) < 4.78 is 12.5. The number of carbonyl (C=O) groups excluding carboxylic acids is 1. The molecule has 0 radical (unpaired) electrons. The van der Waals surface area contributed by atoms with Gasteiger partial charge in [0.1, 0.15) is 13.2 Å². The van der Waals surface area contributed by atoms with Crippen molar-refractivity contribution in [2.75, 3.05) is 13.2 Å². The van der Waals surface area contributed by atoms with E-state index in [-0.39, 0.29) is 17.5 Å². The fourth-order valence-electron chi connectivity index (χ4n) is 3.32. The van der Waals surface area contributed by atoms with Crippen LogP contribution in [-0.4, -0.2) is 34.9 Å². The minimum atomic E-state index is -0.187. The number of ether oxygens (including phenoxy) is 2. The van der Waals surface area contributed by atoms with Gasteiger partial charge in [-0.1, -0.05) is 6.07 Å². The molecule has 0 fully saturated rings. The first kappa shape index (κ1) is 15.7. The third-order valence-corrected chi connectivity index (χ3v) is 4.60. The van der Waals surface area contributed by atoms with Crippen molar-refractivity contribution in [2.24, 2.45) is 7.05 Å². The summed E-state index contributed by atoms with van der Waals surface area (Å²) in [6.07, 6.45) is 2.13. The SMILES string of the molecule is Cn1nc2c(cc1=O)C[C@@H](NC(=O)c1cccc3c1OCCO3)CC2. The van der Waals surface area contributed by atoms with Crippen molar-refractivity contribution >= 4 is 5.91 Å². The average molecular weight is 341 g/mol. The maximum Gasteiger partial charge on any atom is 0.266 e. The number of benzene rings is 1. The first-order valence-electron chi connectivity index (χ1n) is 8.37. The number of hydrogen-bond donors (Lipinski definition) is 1. The van der Waals surface area contributed by atoms with Crippen molar-refractivity contribution < 1.29 is 14.3 Å². The Morgan fingerprint density at radius 3 is 3.04 bits per heavy atom. The zero-order valence-electron chi connectivity index (χ0n) is 13.9. The lowest BCUT2D eigenvalue weighted by Gasteiger charge is -2.26. The highest BCUT2D eigenvalue weighted by Gasteiger charge is 2.25. The highest BCUT2D eigenvalue weighted by Crippen LogP contribution is 2.33. The molecule has 2 heterocycles. The Hall–Kier alpha value is -2.83. The molecule has 1 aromatic heterocycles. The van der Waals surface area contributed by atoms with Crippen LogP contribution in [0, 0.1) is 0 Å². The summed E-state index contributed by atoms with van der Waals surface area (Å²) in [6.45, 7) is 0.919. The first-order chi connectivity index (χ1) is 12.1. The highest BCUT2D eigenvalue weighted by molar-refractivity contribution is 5.98. The molecule has 1 aliphatic heterocycles. The van der Waals surface area contributed by atoms with Gasteiger partial charge in [0.05, 0.1) is 11.3 Å². The Balaban J connectivity index is 1.52. The molecule has 2 aromatic rings. The van der Waals surface area contributed by atoms with Crippen LogP contribution in [0.3, 0.4) is 0 Å². The number of aromatic nitrogens is 2. The van der Waals surface area contributed by atoms with Gasteiger partial charge in [0.2, 0.25) is 0 Å². The van der Waals surface area contributed by atoms with E-state index in [1.54, 1.807) is 31.3 Å². The maximum atomic E-state index is 12.7. The van der Waals surface area contributed by atoms with E-state index >= 15 is 0 Å². The summed E-state index contributed by atoms with van der Waals surface area (Å²) in [6, 6.07) is 6.89. The van der Waals surface area contributed by atoms with Crippen LogP contribution in [0.5, 0.6) is 11.5 Å². The smallest absolute Gasteiger partial charge is 0.266 e. The Kier molecular flexibility index (Phi) is 3.91. The van der Waals surface area contributed by atoms with Crippen molar-refractivity contribution in [2.45, 2.75) is 25.3 Å². The number of nitrogens with one attached hydrogen (secondary N) is 1. The van der Waals surface area contributed by atoms with Crippen molar-refractivity contribution in [3.63, 3.8) is 0 Å². The molecule has 0 bridgehead atoms. The van der Waals surface area contributed by atoms with Crippen LogP contribution >= 0.6 is 0 Å². The third-order valence-electron chi connectivity index (χ3n) is 4.60. The summed E-state index contributed by atoms with van der Waals surface area (Å²) >= 11 is 0. The van der Waals surface area contributed by atoms with Gasteiger partial charge in [-0.3, -0.25) is 9.59 Å². The minimum absolute atomic E-state index is 0.0331. The van der Waals surface area contributed by atoms with E-state index in [2.05, 4.69) is 10.4 Å². The molecular formula is C18H19N3O4.